The van der Waals surface area contributed by atoms with Gasteiger partial charge in [-0.05, 0) is 19.1 Å². The minimum Gasteiger partial charge on any atom is -0.476 e. The SMILES string of the molecule is CC(=O)c1cnc(-c2ccc([N+](=O)[O-])cc2)nc1C(=O)O. The van der Waals surface area contributed by atoms with Crippen molar-refractivity contribution in [2.24, 2.45) is 0 Å². The van der Waals surface area contributed by atoms with Gasteiger partial charge < -0.3 is 5.11 Å². The van der Waals surface area contributed by atoms with Crippen molar-refractivity contribution in [1.29, 1.82) is 0 Å². The topological polar surface area (TPSA) is 123 Å². The molecular weight excluding hydrogens is 278 g/mol. The van der Waals surface area contributed by atoms with Crippen LogP contribution in [0.4, 0.5) is 5.69 Å². The molecule has 0 radical (unpaired) electrons. The van der Waals surface area contributed by atoms with E-state index in [2.05, 4.69) is 9.97 Å². The molecule has 0 aliphatic heterocycles. The van der Waals surface area contributed by atoms with Crippen LogP contribution in [0.1, 0.15) is 27.8 Å². The zero-order chi connectivity index (χ0) is 15.6. The van der Waals surface area contributed by atoms with Gasteiger partial charge in [-0.25, -0.2) is 14.8 Å². The molecule has 0 spiro atoms. The van der Waals surface area contributed by atoms with Crippen LogP contribution in [0.15, 0.2) is 30.5 Å². The van der Waals surface area contributed by atoms with E-state index in [1.54, 1.807) is 0 Å². The number of non-ortho nitro benzene ring substituents is 1. The first kappa shape index (κ1) is 14.3. The smallest absolute Gasteiger partial charge is 0.355 e. The highest BCUT2D eigenvalue weighted by Gasteiger charge is 2.18. The standard InChI is InChI=1S/C13H9N3O5/c1-7(17)10-6-14-12(15-11(10)13(18)19)8-2-4-9(5-3-8)16(20)21/h2-6H,1H3,(H,18,19). The first-order valence-corrected chi connectivity index (χ1v) is 5.76. The fourth-order valence-corrected chi connectivity index (χ4v) is 1.67. The van der Waals surface area contributed by atoms with Gasteiger partial charge in [-0.2, -0.15) is 0 Å². The zero-order valence-corrected chi connectivity index (χ0v) is 10.8. The maximum atomic E-state index is 11.3. The third-order valence-electron chi connectivity index (χ3n) is 2.71. The molecule has 1 N–H and O–H groups in total. The predicted molar refractivity (Wildman–Crippen MR) is 71.1 cm³/mol. The second-order valence-corrected chi connectivity index (χ2v) is 4.12. The van der Waals surface area contributed by atoms with Crippen LogP contribution in [0, 0.1) is 10.1 Å². The molecule has 8 nitrogen and oxygen atoms in total. The van der Waals surface area contributed by atoms with Gasteiger partial charge >= 0.3 is 5.97 Å². The van der Waals surface area contributed by atoms with E-state index in [4.69, 9.17) is 5.11 Å². The number of carbonyl (C=O) groups is 2. The summed E-state index contributed by atoms with van der Waals surface area (Å²) in [4.78, 5) is 40.2. The van der Waals surface area contributed by atoms with Gasteiger partial charge in [-0.1, -0.05) is 0 Å². The Morgan fingerprint density at radius 3 is 2.33 bits per heavy atom. The second-order valence-electron chi connectivity index (χ2n) is 4.12. The summed E-state index contributed by atoms with van der Waals surface area (Å²) in [6, 6.07) is 5.34. The maximum absolute atomic E-state index is 11.3. The van der Waals surface area contributed by atoms with Gasteiger partial charge in [0.25, 0.3) is 5.69 Å². The van der Waals surface area contributed by atoms with Gasteiger partial charge in [-0.3, -0.25) is 14.9 Å². The van der Waals surface area contributed by atoms with Crippen molar-refractivity contribution in [3.8, 4) is 11.4 Å². The van der Waals surface area contributed by atoms with Gasteiger partial charge in [0.05, 0.1) is 10.5 Å². The van der Waals surface area contributed by atoms with E-state index >= 15 is 0 Å². The number of Topliss-reactive ketones (excluding diaryl/α,β-unsaturated/α-hetero) is 1. The largest absolute Gasteiger partial charge is 0.476 e. The van der Waals surface area contributed by atoms with Crippen LogP contribution in [0.2, 0.25) is 0 Å². The number of aromatic nitrogens is 2. The third kappa shape index (κ3) is 2.89. The maximum Gasteiger partial charge on any atom is 0.355 e. The molecular formula is C13H9N3O5. The monoisotopic (exact) mass is 287 g/mol. The van der Waals surface area contributed by atoms with Crippen molar-refractivity contribution in [3.63, 3.8) is 0 Å². The van der Waals surface area contributed by atoms with E-state index in [9.17, 15) is 19.7 Å². The number of ketones is 1. The van der Waals surface area contributed by atoms with E-state index in [1.807, 2.05) is 0 Å². The molecule has 0 saturated carbocycles. The first-order valence-electron chi connectivity index (χ1n) is 5.76. The summed E-state index contributed by atoms with van der Waals surface area (Å²) in [6.45, 7) is 1.22. The predicted octanol–water partition coefficient (Wildman–Crippen LogP) is 1.95. The molecule has 21 heavy (non-hydrogen) atoms. The highest BCUT2D eigenvalue weighted by molar-refractivity contribution is 6.03. The van der Waals surface area contributed by atoms with E-state index < -0.39 is 22.4 Å². The molecule has 2 rings (SSSR count). The molecule has 8 heteroatoms. The second kappa shape index (κ2) is 5.45. The summed E-state index contributed by atoms with van der Waals surface area (Å²) in [6.07, 6.45) is 1.13. The number of hydrogen-bond donors (Lipinski definition) is 1. The normalized spacial score (nSPS) is 10.1. The minimum absolute atomic E-state index is 0.0762. The van der Waals surface area contributed by atoms with Crippen molar-refractivity contribution in [2.75, 3.05) is 0 Å². The number of benzene rings is 1. The molecule has 2 aromatic rings. The summed E-state index contributed by atoms with van der Waals surface area (Å²) in [5.41, 5.74) is -0.171. The van der Waals surface area contributed by atoms with Crippen LogP contribution in [-0.2, 0) is 0 Å². The Balaban J connectivity index is 2.49. The van der Waals surface area contributed by atoms with Crippen LogP contribution < -0.4 is 0 Å². The molecule has 0 amide bonds. The molecule has 0 aliphatic carbocycles. The number of rotatable bonds is 4. The van der Waals surface area contributed by atoms with Gasteiger partial charge in [-0.15, -0.1) is 0 Å². The molecule has 0 atom stereocenters. The number of carbonyl (C=O) groups excluding carboxylic acids is 1. The fraction of sp³-hybridized carbons (Fsp3) is 0.0769. The highest BCUT2D eigenvalue weighted by Crippen LogP contribution is 2.20. The van der Waals surface area contributed by atoms with Gasteiger partial charge in [0.1, 0.15) is 0 Å². The summed E-state index contributed by atoms with van der Waals surface area (Å²) in [7, 11) is 0. The molecule has 1 heterocycles. The third-order valence-corrected chi connectivity index (χ3v) is 2.71. The van der Waals surface area contributed by atoms with Crippen molar-refractivity contribution >= 4 is 17.4 Å². The van der Waals surface area contributed by atoms with Crippen molar-refractivity contribution in [2.45, 2.75) is 6.92 Å². The lowest BCUT2D eigenvalue weighted by molar-refractivity contribution is -0.384. The van der Waals surface area contributed by atoms with Crippen molar-refractivity contribution in [1.82, 2.24) is 9.97 Å². The van der Waals surface area contributed by atoms with Gasteiger partial charge in [0.2, 0.25) is 0 Å². The Labute approximate surface area is 118 Å². The number of aromatic carboxylic acids is 1. The number of nitrogens with zero attached hydrogens (tertiary/aromatic N) is 3. The van der Waals surface area contributed by atoms with Crippen LogP contribution in [0.5, 0.6) is 0 Å². The van der Waals surface area contributed by atoms with Gasteiger partial charge in [0.15, 0.2) is 17.3 Å². The summed E-state index contributed by atoms with van der Waals surface area (Å²) < 4.78 is 0. The Hall–Kier alpha value is -3.16. The van der Waals surface area contributed by atoms with Crippen molar-refractivity contribution < 1.29 is 19.6 Å². The van der Waals surface area contributed by atoms with Crippen LogP contribution in [-0.4, -0.2) is 31.8 Å². The molecule has 0 bridgehead atoms. The van der Waals surface area contributed by atoms with E-state index in [-0.39, 0.29) is 17.1 Å². The molecule has 106 valence electrons. The molecule has 0 aliphatic rings. The average Bonchev–Trinajstić information content (AvgIpc) is 2.46. The molecule has 1 aromatic carbocycles. The Kier molecular flexibility index (Phi) is 3.70. The summed E-state index contributed by atoms with van der Waals surface area (Å²) in [5.74, 6) is -1.72. The number of carboxylic acid groups (broad SMARTS) is 1. The quantitative estimate of drug-likeness (QED) is 0.517. The molecule has 0 unspecified atom stereocenters. The van der Waals surface area contributed by atoms with Crippen LogP contribution >= 0.6 is 0 Å². The lowest BCUT2D eigenvalue weighted by atomic mass is 10.1. The Morgan fingerprint density at radius 2 is 1.86 bits per heavy atom. The Morgan fingerprint density at radius 1 is 1.24 bits per heavy atom. The Bertz CT molecular complexity index is 740. The first-order chi connectivity index (χ1) is 9.90. The summed E-state index contributed by atoms with van der Waals surface area (Å²) in [5, 5.41) is 19.6. The van der Waals surface area contributed by atoms with Crippen LogP contribution in [0.25, 0.3) is 11.4 Å². The van der Waals surface area contributed by atoms with Crippen LogP contribution in [0.3, 0.4) is 0 Å². The number of nitro groups is 1. The summed E-state index contributed by atoms with van der Waals surface area (Å²) >= 11 is 0. The molecule has 0 fully saturated rings. The number of nitro benzene ring substituents is 1. The number of carboxylic acids is 1. The molecule has 0 saturated heterocycles. The fourth-order valence-electron chi connectivity index (χ4n) is 1.67. The molecule has 1 aromatic heterocycles. The minimum atomic E-state index is -1.34. The average molecular weight is 287 g/mol. The zero-order valence-electron chi connectivity index (χ0n) is 10.8. The van der Waals surface area contributed by atoms with E-state index in [0.717, 1.165) is 6.20 Å². The highest BCUT2D eigenvalue weighted by atomic mass is 16.6. The lowest BCUT2D eigenvalue weighted by Crippen LogP contribution is -2.11. The number of hydrogen-bond acceptors (Lipinski definition) is 6. The van der Waals surface area contributed by atoms with E-state index in [1.165, 1.54) is 31.2 Å². The van der Waals surface area contributed by atoms with E-state index in [0.29, 0.717) is 5.56 Å². The lowest BCUT2D eigenvalue weighted by Gasteiger charge is -2.04. The van der Waals surface area contributed by atoms with Gasteiger partial charge in [0, 0.05) is 23.9 Å². The van der Waals surface area contributed by atoms with Crippen molar-refractivity contribution in [3.05, 3.63) is 51.8 Å².